The van der Waals surface area contributed by atoms with E-state index in [1.165, 1.54) is 66.4 Å². The van der Waals surface area contributed by atoms with Crippen LogP contribution in [0.2, 0.25) is 0 Å². The number of rotatable bonds is 8. The van der Waals surface area contributed by atoms with Crippen LogP contribution in [0.3, 0.4) is 0 Å². The number of hydrogen-bond donors (Lipinski definition) is 0. The van der Waals surface area contributed by atoms with Crippen LogP contribution in [0.1, 0.15) is 0 Å². The van der Waals surface area contributed by atoms with E-state index in [0.717, 1.165) is 17.1 Å². The molecule has 0 amide bonds. The van der Waals surface area contributed by atoms with Crippen LogP contribution in [0.15, 0.2) is 224 Å². The number of hydrogen-bond acceptors (Lipinski definition) is 1. The number of anilines is 3. The van der Waals surface area contributed by atoms with Crippen molar-refractivity contribution in [2.45, 2.75) is 0 Å². The molecule has 1 nitrogen and oxygen atoms in total. The first-order valence-electron chi connectivity index (χ1n) is 18.2. The number of fused-ring (bicyclic) bond motifs is 1. The van der Waals surface area contributed by atoms with E-state index in [1.54, 1.807) is 0 Å². The van der Waals surface area contributed by atoms with Gasteiger partial charge in [0.15, 0.2) is 0 Å². The topological polar surface area (TPSA) is 3.24 Å². The summed E-state index contributed by atoms with van der Waals surface area (Å²) in [5, 5.41) is 2.51. The van der Waals surface area contributed by atoms with Gasteiger partial charge in [-0.05, 0) is 103 Å². The fourth-order valence-electron chi connectivity index (χ4n) is 7.32. The SMILES string of the molecule is c1ccc(-c2ccc(-c3ccccc3N(c3ccc(-c4cccc(-c5ccc6ccccc6c5)c4)cc3)c3cccc(-c4ccccc4)c3)cc2)cc1. The van der Waals surface area contributed by atoms with Crippen molar-refractivity contribution in [2.24, 2.45) is 0 Å². The molecule has 53 heavy (non-hydrogen) atoms. The highest BCUT2D eigenvalue weighted by Gasteiger charge is 2.18. The summed E-state index contributed by atoms with van der Waals surface area (Å²) in [7, 11) is 0. The second-order valence-corrected chi connectivity index (χ2v) is 13.4. The molecule has 0 atom stereocenters. The molecule has 0 aromatic heterocycles. The Morgan fingerprint density at radius 1 is 0.226 bits per heavy atom. The zero-order valence-electron chi connectivity index (χ0n) is 29.3. The second-order valence-electron chi connectivity index (χ2n) is 13.4. The minimum Gasteiger partial charge on any atom is -0.310 e. The molecule has 0 radical (unpaired) electrons. The lowest BCUT2D eigenvalue weighted by Crippen LogP contribution is -2.11. The maximum Gasteiger partial charge on any atom is 0.0540 e. The van der Waals surface area contributed by atoms with Crippen LogP contribution in [0, 0.1) is 0 Å². The summed E-state index contributed by atoms with van der Waals surface area (Å²) in [6.07, 6.45) is 0. The Morgan fingerprint density at radius 2 is 0.679 bits per heavy atom. The summed E-state index contributed by atoms with van der Waals surface area (Å²) in [5.41, 5.74) is 15.3. The molecule has 0 saturated heterocycles. The van der Waals surface area contributed by atoms with Crippen LogP contribution < -0.4 is 4.90 Å². The molecule has 0 aliphatic rings. The highest BCUT2D eigenvalue weighted by Crippen LogP contribution is 2.42. The minimum absolute atomic E-state index is 1.10. The summed E-state index contributed by atoms with van der Waals surface area (Å²) < 4.78 is 0. The van der Waals surface area contributed by atoms with E-state index < -0.39 is 0 Å². The lowest BCUT2D eigenvalue weighted by atomic mass is 9.96. The van der Waals surface area contributed by atoms with E-state index in [4.69, 9.17) is 0 Å². The van der Waals surface area contributed by atoms with Crippen LogP contribution >= 0.6 is 0 Å². The van der Waals surface area contributed by atoms with E-state index in [0.29, 0.717) is 0 Å². The molecule has 0 unspecified atom stereocenters. The predicted octanol–water partition coefficient (Wildman–Crippen LogP) is 14.6. The molecule has 0 spiro atoms. The van der Waals surface area contributed by atoms with Crippen molar-refractivity contribution in [3.63, 3.8) is 0 Å². The van der Waals surface area contributed by atoms with Crippen LogP contribution in [-0.2, 0) is 0 Å². The zero-order chi connectivity index (χ0) is 35.4. The Morgan fingerprint density at radius 3 is 1.42 bits per heavy atom. The highest BCUT2D eigenvalue weighted by atomic mass is 15.1. The third-order valence-electron chi connectivity index (χ3n) is 10.1. The van der Waals surface area contributed by atoms with Gasteiger partial charge in [0.05, 0.1) is 5.69 Å². The van der Waals surface area contributed by atoms with E-state index in [2.05, 4.69) is 229 Å². The van der Waals surface area contributed by atoms with Crippen molar-refractivity contribution in [3.05, 3.63) is 224 Å². The number of benzene rings is 9. The van der Waals surface area contributed by atoms with Gasteiger partial charge in [-0.3, -0.25) is 0 Å². The summed E-state index contributed by atoms with van der Waals surface area (Å²) in [6.45, 7) is 0. The second kappa shape index (κ2) is 14.3. The molecule has 0 fully saturated rings. The summed E-state index contributed by atoms with van der Waals surface area (Å²) >= 11 is 0. The molecule has 0 N–H and O–H groups in total. The van der Waals surface area contributed by atoms with Gasteiger partial charge in [-0.15, -0.1) is 0 Å². The van der Waals surface area contributed by atoms with Gasteiger partial charge in [-0.25, -0.2) is 0 Å². The van der Waals surface area contributed by atoms with E-state index in [-0.39, 0.29) is 0 Å². The fourth-order valence-corrected chi connectivity index (χ4v) is 7.32. The predicted molar refractivity (Wildman–Crippen MR) is 226 cm³/mol. The van der Waals surface area contributed by atoms with E-state index >= 15 is 0 Å². The average molecular weight is 676 g/mol. The normalized spacial score (nSPS) is 11.0. The monoisotopic (exact) mass is 675 g/mol. The van der Waals surface area contributed by atoms with Crippen LogP contribution in [0.25, 0.3) is 66.4 Å². The lowest BCUT2D eigenvalue weighted by Gasteiger charge is -2.28. The Balaban J connectivity index is 1.12. The lowest BCUT2D eigenvalue weighted by molar-refractivity contribution is 1.28. The molecule has 9 aromatic rings. The first-order valence-corrected chi connectivity index (χ1v) is 18.2. The van der Waals surface area contributed by atoms with Crippen molar-refractivity contribution in [1.29, 1.82) is 0 Å². The average Bonchev–Trinajstić information content (AvgIpc) is 3.25. The standard InChI is InChI=1S/C52H37N/c1-3-13-38(14-4-1)41-25-28-43(29-26-41)51-23-9-10-24-52(51)53(50-22-12-21-47(37-50)39-15-5-2-6-16-39)49-33-31-42(32-34-49)45-19-11-20-46(35-45)48-30-27-40-17-7-8-18-44(40)36-48/h1-37H. The summed E-state index contributed by atoms with van der Waals surface area (Å²) in [6, 6.07) is 80.8. The minimum atomic E-state index is 1.10. The molecule has 250 valence electrons. The van der Waals surface area contributed by atoms with Crippen LogP contribution in [0.5, 0.6) is 0 Å². The third-order valence-corrected chi connectivity index (χ3v) is 10.1. The first kappa shape index (κ1) is 32.0. The highest BCUT2D eigenvalue weighted by molar-refractivity contribution is 5.91. The van der Waals surface area contributed by atoms with Gasteiger partial charge in [0.2, 0.25) is 0 Å². The smallest absolute Gasteiger partial charge is 0.0540 e. The van der Waals surface area contributed by atoms with Gasteiger partial charge in [0.25, 0.3) is 0 Å². The third kappa shape index (κ3) is 6.65. The molecule has 0 bridgehead atoms. The van der Waals surface area contributed by atoms with Gasteiger partial charge >= 0.3 is 0 Å². The largest absolute Gasteiger partial charge is 0.310 e. The maximum absolute atomic E-state index is 2.39. The Bertz CT molecular complexity index is 2640. The maximum atomic E-state index is 2.39. The molecule has 0 heterocycles. The molecular formula is C52H37N. The van der Waals surface area contributed by atoms with Crippen LogP contribution in [0.4, 0.5) is 17.1 Å². The van der Waals surface area contributed by atoms with E-state index in [1.807, 2.05) is 0 Å². The number of nitrogens with zero attached hydrogens (tertiary/aromatic N) is 1. The summed E-state index contributed by atoms with van der Waals surface area (Å²) in [5.74, 6) is 0. The van der Waals surface area contributed by atoms with Gasteiger partial charge in [0, 0.05) is 16.9 Å². The zero-order valence-corrected chi connectivity index (χ0v) is 29.3. The van der Waals surface area contributed by atoms with Crippen molar-refractivity contribution in [3.8, 4) is 55.6 Å². The van der Waals surface area contributed by atoms with Crippen molar-refractivity contribution < 1.29 is 0 Å². The fraction of sp³-hybridized carbons (Fsp3) is 0. The molecule has 1 heteroatoms. The molecule has 0 aliphatic carbocycles. The van der Waals surface area contributed by atoms with Gasteiger partial charge in [-0.2, -0.15) is 0 Å². The number of para-hydroxylation sites is 1. The summed E-state index contributed by atoms with van der Waals surface area (Å²) in [4.78, 5) is 2.39. The van der Waals surface area contributed by atoms with Gasteiger partial charge in [-0.1, -0.05) is 182 Å². The quantitative estimate of drug-likeness (QED) is 0.155. The Kier molecular flexibility index (Phi) is 8.66. The van der Waals surface area contributed by atoms with Crippen molar-refractivity contribution in [2.75, 3.05) is 4.90 Å². The van der Waals surface area contributed by atoms with Gasteiger partial charge in [0.1, 0.15) is 0 Å². The molecular weight excluding hydrogens is 639 g/mol. The van der Waals surface area contributed by atoms with E-state index in [9.17, 15) is 0 Å². The molecule has 0 aliphatic heterocycles. The molecule has 9 rings (SSSR count). The Hall–Kier alpha value is -6.96. The molecule has 9 aromatic carbocycles. The van der Waals surface area contributed by atoms with Crippen molar-refractivity contribution >= 4 is 27.8 Å². The Labute approximate surface area is 311 Å². The van der Waals surface area contributed by atoms with Crippen LogP contribution in [-0.4, -0.2) is 0 Å². The molecule has 0 saturated carbocycles. The first-order chi connectivity index (χ1) is 26.3. The van der Waals surface area contributed by atoms with Gasteiger partial charge < -0.3 is 4.90 Å². The van der Waals surface area contributed by atoms with Crippen molar-refractivity contribution in [1.82, 2.24) is 0 Å².